The van der Waals surface area contributed by atoms with E-state index in [-0.39, 0.29) is 5.91 Å². The minimum Gasteiger partial charge on any atom is -0.481 e. The second-order valence-corrected chi connectivity index (χ2v) is 5.09. The van der Waals surface area contributed by atoms with E-state index in [1.54, 1.807) is 19.1 Å². The lowest BCUT2D eigenvalue weighted by Gasteiger charge is -2.17. The summed E-state index contributed by atoms with van der Waals surface area (Å²) in [5.41, 5.74) is 9.04. The number of carbonyl (C=O) groups is 1. The number of nitrogen functional groups attached to an aromatic ring is 1. The zero-order chi connectivity index (χ0) is 15.4. The van der Waals surface area contributed by atoms with E-state index in [1.807, 2.05) is 44.2 Å². The van der Waals surface area contributed by atoms with Crippen LogP contribution in [-0.2, 0) is 4.79 Å². The molecule has 1 amide bonds. The zero-order valence-electron chi connectivity index (χ0n) is 12.5. The molecular formula is C17H20N2O2. The molecule has 110 valence electrons. The lowest BCUT2D eigenvalue weighted by Crippen LogP contribution is -2.30. The largest absolute Gasteiger partial charge is 0.481 e. The van der Waals surface area contributed by atoms with Crippen molar-refractivity contribution >= 4 is 17.3 Å². The van der Waals surface area contributed by atoms with E-state index >= 15 is 0 Å². The number of nitrogens with two attached hydrogens (primary N) is 1. The van der Waals surface area contributed by atoms with Gasteiger partial charge in [0.1, 0.15) is 5.75 Å². The highest BCUT2D eigenvalue weighted by atomic mass is 16.5. The molecule has 1 atom stereocenters. The monoisotopic (exact) mass is 284 g/mol. The van der Waals surface area contributed by atoms with Gasteiger partial charge in [0.05, 0.1) is 0 Å². The Labute approximate surface area is 124 Å². The second kappa shape index (κ2) is 6.31. The Kier molecular flexibility index (Phi) is 4.48. The van der Waals surface area contributed by atoms with Crippen molar-refractivity contribution in [1.82, 2.24) is 0 Å². The number of ether oxygens (including phenoxy) is 1. The van der Waals surface area contributed by atoms with Crippen LogP contribution in [0.2, 0.25) is 0 Å². The number of para-hydroxylation sites is 1. The van der Waals surface area contributed by atoms with Crippen molar-refractivity contribution in [2.45, 2.75) is 26.9 Å². The molecule has 2 aromatic carbocycles. The van der Waals surface area contributed by atoms with Crippen molar-refractivity contribution in [1.29, 1.82) is 0 Å². The number of rotatable bonds is 4. The van der Waals surface area contributed by atoms with Gasteiger partial charge in [0.25, 0.3) is 5.91 Å². The van der Waals surface area contributed by atoms with Crippen molar-refractivity contribution in [2.24, 2.45) is 0 Å². The summed E-state index contributed by atoms with van der Waals surface area (Å²) in [5.74, 6) is 0.528. The third kappa shape index (κ3) is 3.75. The number of hydrogen-bond donors (Lipinski definition) is 2. The van der Waals surface area contributed by atoms with E-state index < -0.39 is 6.10 Å². The highest BCUT2D eigenvalue weighted by molar-refractivity contribution is 5.95. The van der Waals surface area contributed by atoms with Gasteiger partial charge in [0, 0.05) is 11.4 Å². The molecule has 0 aliphatic rings. The Morgan fingerprint density at radius 3 is 2.52 bits per heavy atom. The summed E-state index contributed by atoms with van der Waals surface area (Å²) in [6.45, 7) is 5.58. The molecule has 21 heavy (non-hydrogen) atoms. The summed E-state index contributed by atoms with van der Waals surface area (Å²) < 4.78 is 5.71. The maximum atomic E-state index is 12.2. The van der Waals surface area contributed by atoms with Crippen molar-refractivity contribution < 1.29 is 9.53 Å². The van der Waals surface area contributed by atoms with Gasteiger partial charge < -0.3 is 15.8 Å². The number of nitrogens with one attached hydrogen (secondary N) is 1. The van der Waals surface area contributed by atoms with E-state index in [9.17, 15) is 4.79 Å². The molecule has 0 unspecified atom stereocenters. The number of amides is 1. The fourth-order valence-corrected chi connectivity index (χ4v) is 1.99. The van der Waals surface area contributed by atoms with E-state index in [0.717, 1.165) is 16.8 Å². The molecule has 0 spiro atoms. The molecule has 4 heteroatoms. The molecule has 3 N–H and O–H groups in total. The molecule has 2 aromatic rings. The third-order valence-electron chi connectivity index (χ3n) is 3.27. The Morgan fingerprint density at radius 1 is 1.14 bits per heavy atom. The molecule has 0 saturated heterocycles. The number of hydrogen-bond acceptors (Lipinski definition) is 3. The first-order valence-corrected chi connectivity index (χ1v) is 6.86. The van der Waals surface area contributed by atoms with Gasteiger partial charge in [0.15, 0.2) is 6.10 Å². The first-order valence-electron chi connectivity index (χ1n) is 6.86. The number of anilines is 2. The standard InChI is InChI=1S/C17H20N2O2/c1-11-6-4-5-7-16(11)21-13(3)17(20)19-15-9-8-14(18)10-12(15)2/h4-10,13H,18H2,1-3H3,(H,19,20)/t13-/m1/s1. The lowest BCUT2D eigenvalue weighted by atomic mass is 10.1. The fraction of sp³-hybridized carbons (Fsp3) is 0.235. The van der Waals surface area contributed by atoms with Gasteiger partial charge in [-0.25, -0.2) is 0 Å². The van der Waals surface area contributed by atoms with E-state index in [0.29, 0.717) is 11.4 Å². The number of carbonyl (C=O) groups excluding carboxylic acids is 1. The average Bonchev–Trinajstić information content (AvgIpc) is 2.44. The van der Waals surface area contributed by atoms with Crippen LogP contribution in [0.3, 0.4) is 0 Å². The predicted octanol–water partition coefficient (Wildman–Crippen LogP) is 3.29. The molecule has 0 fully saturated rings. The summed E-state index contributed by atoms with van der Waals surface area (Å²) in [6, 6.07) is 13.0. The van der Waals surface area contributed by atoms with E-state index in [4.69, 9.17) is 10.5 Å². The Bertz CT molecular complexity index is 653. The average molecular weight is 284 g/mol. The third-order valence-corrected chi connectivity index (χ3v) is 3.27. The predicted molar refractivity (Wildman–Crippen MR) is 85.5 cm³/mol. The lowest BCUT2D eigenvalue weighted by molar-refractivity contribution is -0.122. The van der Waals surface area contributed by atoms with Crippen LogP contribution in [0.15, 0.2) is 42.5 Å². The van der Waals surface area contributed by atoms with Crippen LogP contribution in [-0.4, -0.2) is 12.0 Å². The van der Waals surface area contributed by atoms with Gasteiger partial charge >= 0.3 is 0 Å². The minimum absolute atomic E-state index is 0.189. The van der Waals surface area contributed by atoms with Gasteiger partial charge in [-0.05, 0) is 56.2 Å². The molecule has 0 aliphatic carbocycles. The topological polar surface area (TPSA) is 64.3 Å². The SMILES string of the molecule is Cc1cc(N)ccc1NC(=O)[C@@H](C)Oc1ccccc1C. The van der Waals surface area contributed by atoms with Crippen molar-refractivity contribution in [3.63, 3.8) is 0 Å². The van der Waals surface area contributed by atoms with Crippen LogP contribution in [0, 0.1) is 13.8 Å². The van der Waals surface area contributed by atoms with Crippen LogP contribution < -0.4 is 15.8 Å². The molecule has 4 nitrogen and oxygen atoms in total. The smallest absolute Gasteiger partial charge is 0.265 e. The highest BCUT2D eigenvalue weighted by Gasteiger charge is 2.16. The fourth-order valence-electron chi connectivity index (χ4n) is 1.99. The van der Waals surface area contributed by atoms with Gasteiger partial charge in [-0.2, -0.15) is 0 Å². The Balaban J connectivity index is 2.04. The minimum atomic E-state index is -0.581. The summed E-state index contributed by atoms with van der Waals surface area (Å²) in [7, 11) is 0. The molecule has 0 radical (unpaired) electrons. The van der Waals surface area contributed by atoms with Crippen molar-refractivity contribution in [3.05, 3.63) is 53.6 Å². The van der Waals surface area contributed by atoms with Crippen LogP contribution in [0.5, 0.6) is 5.75 Å². The highest BCUT2D eigenvalue weighted by Crippen LogP contribution is 2.20. The molecule has 0 bridgehead atoms. The zero-order valence-corrected chi connectivity index (χ0v) is 12.5. The molecule has 0 aliphatic heterocycles. The van der Waals surface area contributed by atoms with Crippen molar-refractivity contribution in [3.8, 4) is 5.75 Å². The maximum absolute atomic E-state index is 12.2. The Morgan fingerprint density at radius 2 is 1.86 bits per heavy atom. The van der Waals surface area contributed by atoms with Gasteiger partial charge in [-0.1, -0.05) is 18.2 Å². The molecular weight excluding hydrogens is 264 g/mol. The molecule has 0 saturated carbocycles. The second-order valence-electron chi connectivity index (χ2n) is 5.09. The summed E-state index contributed by atoms with van der Waals surface area (Å²) in [5, 5.41) is 2.86. The van der Waals surface area contributed by atoms with E-state index in [2.05, 4.69) is 5.32 Å². The maximum Gasteiger partial charge on any atom is 0.265 e. The van der Waals surface area contributed by atoms with Crippen LogP contribution in [0.25, 0.3) is 0 Å². The number of aryl methyl sites for hydroxylation is 2. The first-order chi connectivity index (χ1) is 9.97. The van der Waals surface area contributed by atoms with E-state index in [1.165, 1.54) is 0 Å². The van der Waals surface area contributed by atoms with Gasteiger partial charge in [-0.15, -0.1) is 0 Å². The van der Waals surface area contributed by atoms with Gasteiger partial charge in [-0.3, -0.25) is 4.79 Å². The van der Waals surface area contributed by atoms with Crippen LogP contribution in [0.4, 0.5) is 11.4 Å². The first kappa shape index (κ1) is 14.9. The summed E-state index contributed by atoms with van der Waals surface area (Å²) in [4.78, 5) is 12.2. The van der Waals surface area contributed by atoms with Gasteiger partial charge in [0.2, 0.25) is 0 Å². The summed E-state index contributed by atoms with van der Waals surface area (Å²) in [6.07, 6.45) is -0.581. The Hall–Kier alpha value is -2.49. The molecule has 2 rings (SSSR count). The molecule has 0 heterocycles. The summed E-state index contributed by atoms with van der Waals surface area (Å²) >= 11 is 0. The normalized spacial score (nSPS) is 11.8. The van der Waals surface area contributed by atoms with Crippen molar-refractivity contribution in [2.75, 3.05) is 11.1 Å². The van der Waals surface area contributed by atoms with Crippen LogP contribution >= 0.6 is 0 Å². The quantitative estimate of drug-likeness (QED) is 0.847. The number of benzene rings is 2. The van der Waals surface area contributed by atoms with Crippen LogP contribution in [0.1, 0.15) is 18.1 Å². The molecule has 0 aromatic heterocycles.